The summed E-state index contributed by atoms with van der Waals surface area (Å²) in [5.41, 5.74) is 0.574. The number of nitrogens with one attached hydrogen (secondary N) is 1. The van der Waals surface area contributed by atoms with Crippen LogP contribution < -0.4 is 5.32 Å². The van der Waals surface area contributed by atoms with Crippen LogP contribution in [0.3, 0.4) is 0 Å². The van der Waals surface area contributed by atoms with Crippen LogP contribution in [-0.4, -0.2) is 11.6 Å². The van der Waals surface area contributed by atoms with Crippen LogP contribution in [0.15, 0.2) is 0 Å². The predicted molar refractivity (Wildman–Crippen MR) is 63.8 cm³/mol. The van der Waals surface area contributed by atoms with E-state index in [0.717, 1.165) is 23.8 Å². The zero-order chi connectivity index (χ0) is 10.5. The summed E-state index contributed by atoms with van der Waals surface area (Å²) >= 11 is 0. The SMILES string of the molecule is CCC(C)NC12CC3CC(CC(C3)C1)C2. The molecule has 1 atom stereocenters. The van der Waals surface area contributed by atoms with E-state index in [0.29, 0.717) is 5.54 Å². The summed E-state index contributed by atoms with van der Waals surface area (Å²) in [6.07, 6.45) is 10.4. The van der Waals surface area contributed by atoms with Crippen LogP contribution >= 0.6 is 0 Å². The van der Waals surface area contributed by atoms with Gasteiger partial charge >= 0.3 is 0 Å². The maximum absolute atomic E-state index is 3.97. The monoisotopic (exact) mass is 207 g/mol. The lowest BCUT2D eigenvalue weighted by Gasteiger charge is -2.57. The fourth-order valence-corrected chi connectivity index (χ4v) is 4.91. The molecule has 15 heavy (non-hydrogen) atoms. The van der Waals surface area contributed by atoms with Gasteiger partial charge in [-0.05, 0) is 69.6 Å². The molecule has 4 bridgehead atoms. The lowest BCUT2D eigenvalue weighted by atomic mass is 9.53. The maximum Gasteiger partial charge on any atom is 0.0191 e. The molecule has 0 amide bonds. The minimum absolute atomic E-state index is 0.574. The van der Waals surface area contributed by atoms with E-state index in [-0.39, 0.29) is 0 Å². The molecule has 4 aliphatic carbocycles. The van der Waals surface area contributed by atoms with Gasteiger partial charge < -0.3 is 5.32 Å². The summed E-state index contributed by atoms with van der Waals surface area (Å²) in [4.78, 5) is 0. The van der Waals surface area contributed by atoms with Crippen molar-refractivity contribution in [3.05, 3.63) is 0 Å². The first-order valence-corrected chi connectivity index (χ1v) is 6.97. The smallest absolute Gasteiger partial charge is 0.0191 e. The van der Waals surface area contributed by atoms with Gasteiger partial charge in [0.15, 0.2) is 0 Å². The molecule has 0 saturated heterocycles. The molecule has 0 aromatic heterocycles. The minimum atomic E-state index is 0.574. The van der Waals surface area contributed by atoms with E-state index < -0.39 is 0 Å². The van der Waals surface area contributed by atoms with Crippen molar-refractivity contribution in [3.8, 4) is 0 Å². The van der Waals surface area contributed by atoms with E-state index in [1.165, 1.54) is 25.7 Å². The normalized spacial score (nSPS) is 49.6. The van der Waals surface area contributed by atoms with Crippen molar-refractivity contribution >= 4 is 0 Å². The first-order valence-electron chi connectivity index (χ1n) is 6.97. The lowest BCUT2D eigenvalue weighted by molar-refractivity contribution is -0.0244. The van der Waals surface area contributed by atoms with Crippen molar-refractivity contribution in [2.75, 3.05) is 0 Å². The van der Waals surface area contributed by atoms with Gasteiger partial charge in [-0.3, -0.25) is 0 Å². The fraction of sp³-hybridized carbons (Fsp3) is 1.00. The molecule has 1 heteroatoms. The third-order valence-electron chi connectivity index (χ3n) is 5.20. The Kier molecular flexibility index (Phi) is 2.35. The summed E-state index contributed by atoms with van der Waals surface area (Å²) < 4.78 is 0. The minimum Gasteiger partial charge on any atom is -0.309 e. The molecule has 1 nitrogen and oxygen atoms in total. The highest BCUT2D eigenvalue weighted by Crippen LogP contribution is 2.55. The molecule has 0 spiro atoms. The second-order valence-electron chi connectivity index (χ2n) is 6.65. The van der Waals surface area contributed by atoms with Crippen LogP contribution in [0.25, 0.3) is 0 Å². The topological polar surface area (TPSA) is 12.0 Å². The number of hydrogen-bond donors (Lipinski definition) is 1. The van der Waals surface area contributed by atoms with Gasteiger partial charge in [-0.25, -0.2) is 0 Å². The van der Waals surface area contributed by atoms with Crippen LogP contribution in [-0.2, 0) is 0 Å². The van der Waals surface area contributed by atoms with Crippen molar-refractivity contribution in [1.29, 1.82) is 0 Å². The number of rotatable bonds is 3. The van der Waals surface area contributed by atoms with Crippen LogP contribution in [0.5, 0.6) is 0 Å². The molecule has 4 aliphatic rings. The zero-order valence-electron chi connectivity index (χ0n) is 10.3. The van der Waals surface area contributed by atoms with Gasteiger partial charge in [-0.1, -0.05) is 6.92 Å². The van der Waals surface area contributed by atoms with Gasteiger partial charge in [0, 0.05) is 11.6 Å². The van der Waals surface area contributed by atoms with Gasteiger partial charge in [0.1, 0.15) is 0 Å². The Balaban J connectivity index is 1.75. The third kappa shape index (κ3) is 1.73. The largest absolute Gasteiger partial charge is 0.309 e. The maximum atomic E-state index is 3.97. The summed E-state index contributed by atoms with van der Waals surface area (Å²) in [6.45, 7) is 4.66. The van der Waals surface area contributed by atoms with Crippen LogP contribution in [0, 0.1) is 17.8 Å². The highest BCUT2D eigenvalue weighted by Gasteiger charge is 2.50. The molecular formula is C14H25N. The Labute approximate surface area is 94.0 Å². The van der Waals surface area contributed by atoms with Crippen LogP contribution in [0.1, 0.15) is 58.8 Å². The Morgan fingerprint density at radius 3 is 1.93 bits per heavy atom. The molecule has 0 aliphatic heterocycles. The molecule has 0 heterocycles. The molecule has 0 aromatic carbocycles. The second-order valence-corrected chi connectivity index (χ2v) is 6.65. The van der Waals surface area contributed by atoms with E-state index in [9.17, 15) is 0 Å². The van der Waals surface area contributed by atoms with Gasteiger partial charge in [0.05, 0.1) is 0 Å². The highest BCUT2D eigenvalue weighted by atomic mass is 15.0. The van der Waals surface area contributed by atoms with Crippen LogP contribution in [0.2, 0.25) is 0 Å². The summed E-state index contributed by atoms with van der Waals surface area (Å²) in [5.74, 6) is 3.23. The summed E-state index contributed by atoms with van der Waals surface area (Å²) in [7, 11) is 0. The molecule has 0 radical (unpaired) electrons. The van der Waals surface area contributed by atoms with E-state index in [1.807, 2.05) is 0 Å². The second kappa shape index (κ2) is 3.48. The van der Waals surface area contributed by atoms with Gasteiger partial charge in [0.2, 0.25) is 0 Å². The van der Waals surface area contributed by atoms with Crippen molar-refractivity contribution in [1.82, 2.24) is 5.32 Å². The molecular weight excluding hydrogens is 182 g/mol. The Morgan fingerprint density at radius 1 is 1.07 bits per heavy atom. The summed E-state index contributed by atoms with van der Waals surface area (Å²) in [5, 5.41) is 3.97. The number of hydrogen-bond acceptors (Lipinski definition) is 1. The average molecular weight is 207 g/mol. The first kappa shape index (κ1) is 10.1. The van der Waals surface area contributed by atoms with E-state index in [2.05, 4.69) is 19.2 Å². The predicted octanol–water partition coefficient (Wildman–Crippen LogP) is 3.34. The average Bonchev–Trinajstić information content (AvgIpc) is 2.14. The zero-order valence-corrected chi connectivity index (χ0v) is 10.3. The van der Waals surface area contributed by atoms with E-state index in [1.54, 1.807) is 19.3 Å². The molecule has 4 saturated carbocycles. The highest BCUT2D eigenvalue weighted by molar-refractivity contribution is 5.06. The standard InChI is InChI=1S/C14H25N/c1-3-10(2)15-14-7-11-4-12(8-14)6-13(5-11)9-14/h10-13,15H,3-9H2,1-2H3. The Morgan fingerprint density at radius 2 is 1.53 bits per heavy atom. The van der Waals surface area contributed by atoms with E-state index in [4.69, 9.17) is 0 Å². The van der Waals surface area contributed by atoms with Crippen molar-refractivity contribution in [2.45, 2.75) is 70.4 Å². The molecule has 4 rings (SSSR count). The van der Waals surface area contributed by atoms with Crippen molar-refractivity contribution in [2.24, 2.45) is 17.8 Å². The van der Waals surface area contributed by atoms with Gasteiger partial charge in [0.25, 0.3) is 0 Å². The quantitative estimate of drug-likeness (QED) is 0.748. The van der Waals surface area contributed by atoms with Crippen molar-refractivity contribution < 1.29 is 0 Å². The summed E-state index contributed by atoms with van der Waals surface area (Å²) in [6, 6.07) is 0.723. The third-order valence-corrected chi connectivity index (χ3v) is 5.20. The molecule has 0 aromatic rings. The Bertz CT molecular complexity index is 210. The first-order chi connectivity index (χ1) is 7.19. The molecule has 1 unspecified atom stereocenters. The molecule has 1 N–H and O–H groups in total. The van der Waals surface area contributed by atoms with Gasteiger partial charge in [-0.2, -0.15) is 0 Å². The van der Waals surface area contributed by atoms with Crippen molar-refractivity contribution in [3.63, 3.8) is 0 Å². The van der Waals surface area contributed by atoms with Gasteiger partial charge in [-0.15, -0.1) is 0 Å². The van der Waals surface area contributed by atoms with Crippen LogP contribution in [0.4, 0.5) is 0 Å². The molecule has 86 valence electrons. The fourth-order valence-electron chi connectivity index (χ4n) is 4.91. The lowest BCUT2D eigenvalue weighted by Crippen LogP contribution is -2.60. The van der Waals surface area contributed by atoms with E-state index >= 15 is 0 Å². The Hall–Kier alpha value is -0.0400. The molecule has 4 fully saturated rings.